The fourth-order valence-electron chi connectivity index (χ4n) is 2.13. The quantitative estimate of drug-likeness (QED) is 0.637. The van der Waals surface area contributed by atoms with Gasteiger partial charge in [0.1, 0.15) is 0 Å². The monoisotopic (exact) mass is 280 g/mol. The molecule has 0 radical (unpaired) electrons. The second-order valence-corrected chi connectivity index (χ2v) is 5.78. The molecule has 0 unspecified atom stereocenters. The lowest BCUT2D eigenvalue weighted by Crippen LogP contribution is -2.46. The van der Waals surface area contributed by atoms with Crippen molar-refractivity contribution in [3.8, 4) is 0 Å². The first-order valence-corrected chi connectivity index (χ1v) is 7.57. The topological polar surface area (TPSA) is 66.9 Å². The van der Waals surface area contributed by atoms with Gasteiger partial charge in [0.2, 0.25) is 5.91 Å². The largest absolute Gasteiger partial charge is 0.351 e. The Hall–Kier alpha value is -1.14. The molecule has 2 rings (SSSR count). The van der Waals surface area contributed by atoms with Crippen molar-refractivity contribution in [3.05, 3.63) is 17.5 Å². The summed E-state index contributed by atoms with van der Waals surface area (Å²) < 4.78 is 0. The molecule has 1 aromatic rings. The molecule has 0 bridgehead atoms. The first-order valence-electron chi connectivity index (χ1n) is 6.58. The minimum absolute atomic E-state index is 0.0569. The molecule has 1 amide bonds. The van der Waals surface area contributed by atoms with Gasteiger partial charge in [-0.15, -0.1) is 0 Å². The normalized spacial score (nSPS) is 19.2. The van der Waals surface area contributed by atoms with Crippen LogP contribution in [-0.2, 0) is 4.79 Å². The van der Waals surface area contributed by atoms with E-state index in [9.17, 15) is 4.79 Å². The molecule has 2 heterocycles. The highest BCUT2D eigenvalue weighted by Gasteiger charge is 2.15. The number of carbonyl (C=O) groups excluding carboxylic acids is 1. The van der Waals surface area contributed by atoms with Crippen LogP contribution in [0.4, 0.5) is 0 Å². The Kier molecular flexibility index (Phi) is 5.15. The van der Waals surface area contributed by atoms with E-state index in [1.807, 2.05) is 19.9 Å². The summed E-state index contributed by atoms with van der Waals surface area (Å²) in [5.41, 5.74) is 1.87. The fourth-order valence-corrected chi connectivity index (χ4v) is 2.89. The number of hydrogen-bond donors (Lipinski definition) is 2. The predicted octanol–water partition coefficient (Wildman–Crippen LogP) is 1.05. The number of amides is 1. The van der Waals surface area contributed by atoms with Crippen LogP contribution in [0.2, 0.25) is 0 Å². The Morgan fingerprint density at radius 1 is 1.47 bits per heavy atom. The maximum atomic E-state index is 11.8. The lowest BCUT2D eigenvalue weighted by molar-refractivity contribution is -0.119. The van der Waals surface area contributed by atoms with E-state index in [0.717, 1.165) is 37.3 Å². The molecule has 1 atom stereocenters. The van der Waals surface area contributed by atoms with Gasteiger partial charge in [-0.05, 0) is 39.3 Å². The average Bonchev–Trinajstić information content (AvgIpc) is 2.36. The van der Waals surface area contributed by atoms with Crippen LogP contribution in [0.5, 0.6) is 0 Å². The molecule has 2 N–H and O–H groups in total. The van der Waals surface area contributed by atoms with E-state index in [1.54, 1.807) is 0 Å². The van der Waals surface area contributed by atoms with Gasteiger partial charge >= 0.3 is 0 Å². The van der Waals surface area contributed by atoms with Crippen molar-refractivity contribution < 1.29 is 4.79 Å². The molecule has 1 aromatic heterocycles. The Bertz CT molecular complexity index is 426. The van der Waals surface area contributed by atoms with Crippen LogP contribution < -0.4 is 10.6 Å². The lowest BCUT2D eigenvalue weighted by Gasteiger charge is -2.23. The number of thioether (sulfide) groups is 1. The standard InChI is InChI=1S/C13H20N4OS/c1-9-6-10(2)16-13(15-9)19-8-12(18)17-11-4-3-5-14-7-11/h6,11,14H,3-5,7-8H2,1-2H3,(H,17,18)/t11-/m0/s1. The van der Waals surface area contributed by atoms with E-state index in [-0.39, 0.29) is 11.9 Å². The van der Waals surface area contributed by atoms with Gasteiger partial charge in [0.25, 0.3) is 0 Å². The van der Waals surface area contributed by atoms with Crippen LogP contribution in [0.1, 0.15) is 24.2 Å². The Morgan fingerprint density at radius 2 is 2.21 bits per heavy atom. The van der Waals surface area contributed by atoms with Gasteiger partial charge in [-0.2, -0.15) is 0 Å². The van der Waals surface area contributed by atoms with Crippen molar-refractivity contribution in [1.82, 2.24) is 20.6 Å². The summed E-state index contributed by atoms with van der Waals surface area (Å²) in [5.74, 6) is 0.431. The van der Waals surface area contributed by atoms with Crippen molar-refractivity contribution in [2.24, 2.45) is 0 Å². The summed E-state index contributed by atoms with van der Waals surface area (Å²) in [6.45, 7) is 5.80. The molecule has 5 nitrogen and oxygen atoms in total. The Labute approximate surface area is 118 Å². The molecule has 0 saturated carbocycles. The van der Waals surface area contributed by atoms with Crippen molar-refractivity contribution in [2.75, 3.05) is 18.8 Å². The van der Waals surface area contributed by atoms with Crippen LogP contribution in [-0.4, -0.2) is 40.8 Å². The minimum atomic E-state index is 0.0569. The molecular weight excluding hydrogens is 260 g/mol. The van der Waals surface area contributed by atoms with Gasteiger partial charge in [0, 0.05) is 24.0 Å². The smallest absolute Gasteiger partial charge is 0.230 e. The molecule has 0 spiro atoms. The van der Waals surface area contributed by atoms with Crippen LogP contribution in [0.25, 0.3) is 0 Å². The van der Waals surface area contributed by atoms with E-state index in [2.05, 4.69) is 20.6 Å². The molecular formula is C13H20N4OS. The van der Waals surface area contributed by atoms with Crippen LogP contribution in [0.15, 0.2) is 11.2 Å². The highest BCUT2D eigenvalue weighted by atomic mass is 32.2. The summed E-state index contributed by atoms with van der Waals surface area (Å²) >= 11 is 1.39. The van der Waals surface area contributed by atoms with E-state index >= 15 is 0 Å². The maximum Gasteiger partial charge on any atom is 0.230 e. The van der Waals surface area contributed by atoms with Crippen LogP contribution in [0, 0.1) is 13.8 Å². The average molecular weight is 280 g/mol. The molecule has 0 aromatic carbocycles. The van der Waals surface area contributed by atoms with Crippen LogP contribution >= 0.6 is 11.8 Å². The van der Waals surface area contributed by atoms with Gasteiger partial charge in [0.05, 0.1) is 5.75 Å². The molecule has 1 saturated heterocycles. The second-order valence-electron chi connectivity index (χ2n) is 4.83. The lowest BCUT2D eigenvalue weighted by atomic mass is 10.1. The first kappa shape index (κ1) is 14.3. The Balaban J connectivity index is 1.79. The number of aryl methyl sites for hydroxylation is 2. The number of nitrogens with zero attached hydrogens (tertiary/aromatic N) is 2. The first-order chi connectivity index (χ1) is 9.13. The Morgan fingerprint density at radius 3 is 2.84 bits per heavy atom. The number of rotatable bonds is 4. The molecule has 19 heavy (non-hydrogen) atoms. The molecule has 1 aliphatic rings. The van der Waals surface area contributed by atoms with E-state index < -0.39 is 0 Å². The zero-order valence-corrected chi connectivity index (χ0v) is 12.2. The fraction of sp³-hybridized carbons (Fsp3) is 0.615. The van der Waals surface area contributed by atoms with Gasteiger partial charge in [-0.25, -0.2) is 9.97 Å². The van der Waals surface area contributed by atoms with Gasteiger partial charge in [-0.1, -0.05) is 11.8 Å². The summed E-state index contributed by atoms with van der Waals surface area (Å²) in [6.07, 6.45) is 2.18. The molecule has 1 fully saturated rings. The molecule has 6 heteroatoms. The van der Waals surface area contributed by atoms with E-state index in [0.29, 0.717) is 10.9 Å². The zero-order chi connectivity index (χ0) is 13.7. The number of hydrogen-bond acceptors (Lipinski definition) is 5. The summed E-state index contributed by atoms with van der Waals surface area (Å²) in [6, 6.07) is 2.19. The zero-order valence-electron chi connectivity index (χ0n) is 11.4. The van der Waals surface area contributed by atoms with Crippen molar-refractivity contribution >= 4 is 17.7 Å². The van der Waals surface area contributed by atoms with Gasteiger partial charge in [0.15, 0.2) is 5.16 Å². The summed E-state index contributed by atoms with van der Waals surface area (Å²) in [5, 5.41) is 7.00. The molecule has 1 aliphatic heterocycles. The van der Waals surface area contributed by atoms with Gasteiger partial charge in [-0.3, -0.25) is 4.79 Å². The number of carbonyl (C=O) groups is 1. The molecule has 0 aliphatic carbocycles. The maximum absolute atomic E-state index is 11.8. The SMILES string of the molecule is Cc1cc(C)nc(SCC(=O)N[C@H]2CCCNC2)n1. The van der Waals surface area contributed by atoms with Gasteiger partial charge < -0.3 is 10.6 Å². The number of piperidine rings is 1. The summed E-state index contributed by atoms with van der Waals surface area (Å²) in [4.78, 5) is 20.5. The van der Waals surface area contributed by atoms with Crippen molar-refractivity contribution in [3.63, 3.8) is 0 Å². The molecule has 104 valence electrons. The highest BCUT2D eigenvalue weighted by molar-refractivity contribution is 7.99. The summed E-state index contributed by atoms with van der Waals surface area (Å²) in [7, 11) is 0. The third-order valence-electron chi connectivity index (χ3n) is 2.96. The van der Waals surface area contributed by atoms with Crippen molar-refractivity contribution in [2.45, 2.75) is 37.9 Å². The number of aromatic nitrogens is 2. The van der Waals surface area contributed by atoms with Crippen LogP contribution in [0.3, 0.4) is 0 Å². The second kappa shape index (κ2) is 6.86. The number of nitrogens with one attached hydrogen (secondary N) is 2. The third-order valence-corrected chi connectivity index (χ3v) is 3.80. The third kappa shape index (κ3) is 4.80. The predicted molar refractivity (Wildman–Crippen MR) is 76.3 cm³/mol. The van der Waals surface area contributed by atoms with E-state index in [4.69, 9.17) is 0 Å². The van der Waals surface area contributed by atoms with Crippen molar-refractivity contribution in [1.29, 1.82) is 0 Å². The highest BCUT2D eigenvalue weighted by Crippen LogP contribution is 2.13. The minimum Gasteiger partial charge on any atom is -0.351 e. The van der Waals surface area contributed by atoms with E-state index in [1.165, 1.54) is 11.8 Å².